The molecular formula is C16H12ClFN2O3S. The molecule has 2 heterocycles. The number of sulfonamides is 1. The molecule has 0 aliphatic heterocycles. The van der Waals surface area contributed by atoms with Crippen molar-refractivity contribution in [3.63, 3.8) is 0 Å². The lowest BCUT2D eigenvalue weighted by Gasteiger charge is -2.07. The van der Waals surface area contributed by atoms with Gasteiger partial charge in [0, 0.05) is 12.7 Å². The number of benzene rings is 1. The first-order valence-electron chi connectivity index (χ1n) is 6.89. The van der Waals surface area contributed by atoms with Crippen molar-refractivity contribution in [2.24, 2.45) is 0 Å². The average molecular weight is 367 g/mol. The normalized spacial score (nSPS) is 11.6. The van der Waals surface area contributed by atoms with Crippen LogP contribution in [0.15, 0.2) is 64.2 Å². The summed E-state index contributed by atoms with van der Waals surface area (Å²) in [4.78, 5) is 4.12. The number of nitrogens with zero attached hydrogens (tertiary/aromatic N) is 1. The zero-order chi connectivity index (χ0) is 17.2. The average Bonchev–Trinajstić information content (AvgIpc) is 3.10. The van der Waals surface area contributed by atoms with Crippen LogP contribution < -0.4 is 4.72 Å². The number of furan rings is 1. The molecule has 0 spiro atoms. The molecule has 0 unspecified atom stereocenters. The summed E-state index contributed by atoms with van der Waals surface area (Å²) >= 11 is 5.62. The minimum Gasteiger partial charge on any atom is -0.463 e. The molecule has 0 bridgehead atoms. The second kappa shape index (κ2) is 6.72. The molecule has 124 valence electrons. The van der Waals surface area contributed by atoms with E-state index in [1.165, 1.54) is 0 Å². The first kappa shape index (κ1) is 16.6. The third-order valence-corrected chi connectivity index (χ3v) is 4.95. The molecule has 0 amide bonds. The van der Waals surface area contributed by atoms with E-state index < -0.39 is 15.8 Å². The van der Waals surface area contributed by atoms with E-state index in [4.69, 9.17) is 16.0 Å². The predicted molar refractivity (Wildman–Crippen MR) is 87.4 cm³/mol. The van der Waals surface area contributed by atoms with Crippen LogP contribution >= 0.6 is 11.6 Å². The van der Waals surface area contributed by atoms with Gasteiger partial charge >= 0.3 is 0 Å². The lowest BCUT2D eigenvalue weighted by atomic mass is 10.2. The van der Waals surface area contributed by atoms with E-state index in [1.54, 1.807) is 36.7 Å². The van der Waals surface area contributed by atoms with Crippen molar-refractivity contribution in [3.8, 4) is 11.5 Å². The maximum atomic E-state index is 13.1. The molecule has 0 aliphatic carbocycles. The van der Waals surface area contributed by atoms with Crippen LogP contribution in [0.5, 0.6) is 0 Å². The molecule has 0 atom stereocenters. The number of nitrogens with one attached hydrogen (secondary N) is 1. The van der Waals surface area contributed by atoms with Gasteiger partial charge in [-0.2, -0.15) is 0 Å². The highest BCUT2D eigenvalue weighted by Gasteiger charge is 2.15. The topological polar surface area (TPSA) is 72.2 Å². The van der Waals surface area contributed by atoms with E-state index in [2.05, 4.69) is 9.71 Å². The molecule has 0 radical (unpaired) electrons. The third kappa shape index (κ3) is 3.64. The number of hydrogen-bond donors (Lipinski definition) is 1. The van der Waals surface area contributed by atoms with Crippen LogP contribution in [0.25, 0.3) is 11.5 Å². The molecule has 8 heteroatoms. The maximum absolute atomic E-state index is 13.1. The van der Waals surface area contributed by atoms with Gasteiger partial charge in [0.25, 0.3) is 0 Å². The second-order valence-corrected chi connectivity index (χ2v) is 7.10. The lowest BCUT2D eigenvalue weighted by Crippen LogP contribution is -2.23. The van der Waals surface area contributed by atoms with Gasteiger partial charge in [0.2, 0.25) is 10.0 Å². The van der Waals surface area contributed by atoms with Crippen LogP contribution in [0.1, 0.15) is 5.56 Å². The first-order chi connectivity index (χ1) is 11.5. The Bertz CT molecular complexity index is 942. The van der Waals surface area contributed by atoms with Gasteiger partial charge in [-0.15, -0.1) is 0 Å². The van der Waals surface area contributed by atoms with Crippen LogP contribution in [0.2, 0.25) is 5.02 Å². The molecule has 0 saturated carbocycles. The fraction of sp³-hybridized carbons (Fsp3) is 0.0625. The molecular weight excluding hydrogens is 355 g/mol. The Labute approximate surface area is 143 Å². The highest BCUT2D eigenvalue weighted by Crippen LogP contribution is 2.20. The molecule has 1 aromatic carbocycles. The molecule has 0 aliphatic rings. The molecule has 0 saturated heterocycles. The van der Waals surface area contributed by atoms with E-state index in [1.807, 2.05) is 0 Å². The largest absolute Gasteiger partial charge is 0.463 e. The van der Waals surface area contributed by atoms with E-state index >= 15 is 0 Å². The summed E-state index contributed by atoms with van der Waals surface area (Å²) in [6.07, 6.45) is 3.10. The van der Waals surface area contributed by atoms with Gasteiger partial charge in [-0.25, -0.2) is 17.5 Å². The van der Waals surface area contributed by atoms with Gasteiger partial charge in [0.1, 0.15) is 11.5 Å². The van der Waals surface area contributed by atoms with E-state index in [-0.39, 0.29) is 16.5 Å². The Kier molecular flexibility index (Phi) is 4.66. The van der Waals surface area contributed by atoms with Crippen molar-refractivity contribution in [2.45, 2.75) is 11.4 Å². The highest BCUT2D eigenvalue weighted by atomic mass is 35.5. The molecule has 24 heavy (non-hydrogen) atoms. The van der Waals surface area contributed by atoms with Gasteiger partial charge in [0.15, 0.2) is 5.76 Å². The zero-order valence-electron chi connectivity index (χ0n) is 12.2. The zero-order valence-corrected chi connectivity index (χ0v) is 13.8. The number of pyridine rings is 1. The second-order valence-electron chi connectivity index (χ2n) is 4.93. The molecule has 3 aromatic rings. The van der Waals surface area contributed by atoms with Gasteiger partial charge in [-0.05, 0) is 42.0 Å². The summed E-state index contributed by atoms with van der Waals surface area (Å²) in [5.41, 5.74) is 1.32. The first-order valence-corrected chi connectivity index (χ1v) is 8.75. The number of hydrogen-bond acceptors (Lipinski definition) is 4. The number of aromatic nitrogens is 1. The summed E-state index contributed by atoms with van der Waals surface area (Å²) in [7, 11) is -3.80. The van der Waals surface area contributed by atoms with Crippen LogP contribution in [-0.4, -0.2) is 13.4 Å². The predicted octanol–water partition coefficient (Wildman–Crippen LogP) is 3.61. The Hall–Kier alpha value is -2.22. The van der Waals surface area contributed by atoms with E-state index in [0.717, 1.165) is 18.2 Å². The van der Waals surface area contributed by atoms with Gasteiger partial charge in [0.05, 0.1) is 16.2 Å². The Balaban J connectivity index is 1.71. The number of halogens is 2. The third-order valence-electron chi connectivity index (χ3n) is 3.27. The molecule has 2 aromatic heterocycles. The minimum atomic E-state index is -3.80. The maximum Gasteiger partial charge on any atom is 0.240 e. The van der Waals surface area contributed by atoms with Crippen molar-refractivity contribution >= 4 is 21.6 Å². The quantitative estimate of drug-likeness (QED) is 0.748. The summed E-state index contributed by atoms with van der Waals surface area (Å²) in [6.45, 7) is 0.0444. The van der Waals surface area contributed by atoms with E-state index in [9.17, 15) is 12.8 Å². The molecule has 5 nitrogen and oxygen atoms in total. The molecule has 3 rings (SSSR count). The summed E-state index contributed by atoms with van der Waals surface area (Å²) < 4.78 is 45.2. The standard InChI is InChI=1S/C16H12ClFN2O3S/c17-13-8-12(4-5-14(13)18)24(21,22)20-10-11-3-6-15(19-9-11)16-2-1-7-23-16/h1-9,20H,10H2. The Morgan fingerprint density at radius 2 is 2.04 bits per heavy atom. The van der Waals surface area contributed by atoms with E-state index in [0.29, 0.717) is 17.0 Å². The van der Waals surface area contributed by atoms with Crippen LogP contribution in [0, 0.1) is 5.82 Å². The molecule has 0 fully saturated rings. The van der Waals surface area contributed by atoms with Crippen molar-refractivity contribution < 1.29 is 17.2 Å². The SMILES string of the molecule is O=S(=O)(NCc1ccc(-c2ccco2)nc1)c1ccc(F)c(Cl)c1. The van der Waals surface area contributed by atoms with Crippen LogP contribution in [0.4, 0.5) is 4.39 Å². The Morgan fingerprint density at radius 3 is 2.67 bits per heavy atom. The van der Waals surface area contributed by atoms with Crippen molar-refractivity contribution in [1.29, 1.82) is 0 Å². The van der Waals surface area contributed by atoms with Crippen molar-refractivity contribution in [2.75, 3.05) is 0 Å². The minimum absolute atomic E-state index is 0.0444. The fourth-order valence-corrected chi connectivity index (χ4v) is 3.29. The van der Waals surface area contributed by atoms with Crippen LogP contribution in [-0.2, 0) is 16.6 Å². The smallest absolute Gasteiger partial charge is 0.240 e. The lowest BCUT2D eigenvalue weighted by molar-refractivity contribution is 0.578. The fourth-order valence-electron chi connectivity index (χ4n) is 2.00. The Morgan fingerprint density at radius 1 is 1.21 bits per heavy atom. The van der Waals surface area contributed by atoms with Crippen LogP contribution in [0.3, 0.4) is 0 Å². The summed E-state index contributed by atoms with van der Waals surface area (Å²) in [5, 5.41) is -0.248. The van der Waals surface area contributed by atoms with Gasteiger partial charge < -0.3 is 4.42 Å². The highest BCUT2D eigenvalue weighted by molar-refractivity contribution is 7.89. The molecule has 1 N–H and O–H groups in total. The van der Waals surface area contributed by atoms with Gasteiger partial charge in [-0.1, -0.05) is 17.7 Å². The summed E-state index contributed by atoms with van der Waals surface area (Å²) in [5.74, 6) is -0.0450. The van der Waals surface area contributed by atoms with Crippen molar-refractivity contribution in [1.82, 2.24) is 9.71 Å². The van der Waals surface area contributed by atoms with Crippen molar-refractivity contribution in [3.05, 3.63) is 71.3 Å². The number of rotatable bonds is 5. The summed E-state index contributed by atoms with van der Waals surface area (Å²) in [6, 6.07) is 10.2. The monoisotopic (exact) mass is 366 g/mol. The van der Waals surface area contributed by atoms with Gasteiger partial charge in [-0.3, -0.25) is 4.98 Å².